The fraction of sp³-hybridized carbons (Fsp3) is 0.188. The van der Waals surface area contributed by atoms with Gasteiger partial charge in [0.15, 0.2) is 16.3 Å². The number of fused-ring (bicyclic) bond motifs is 1. The summed E-state index contributed by atoms with van der Waals surface area (Å²) in [6.07, 6.45) is 0. The molecule has 14 heteroatoms. The number of rotatable bonds is 10. The Labute approximate surface area is 267 Å². The standard InChI is InChI=1S/C32H34N4O8S2/c1-3-42-26-19-21(17-18-24(26)33)32(43-4-2)30(45(37,38)39)29(44-46(40,41)27-16-10-15-25(34)28(27)35)22-13-8-9-14-23(22)31(32,36)20-11-6-5-7-12-20/h5-19H,3-4,33-36H2,1-2H3,(H,37,38,39). The Bertz CT molecular complexity index is 2050. The molecule has 2 atom stereocenters. The van der Waals surface area contributed by atoms with Gasteiger partial charge in [-0.1, -0.05) is 66.7 Å². The summed E-state index contributed by atoms with van der Waals surface area (Å²) in [5.74, 6) is -0.578. The Morgan fingerprint density at radius 3 is 2.09 bits per heavy atom. The van der Waals surface area contributed by atoms with E-state index in [1.54, 1.807) is 62.4 Å². The van der Waals surface area contributed by atoms with Crippen molar-refractivity contribution in [2.45, 2.75) is 29.9 Å². The molecule has 0 radical (unpaired) electrons. The Hall–Kier alpha value is -4.60. The Morgan fingerprint density at radius 2 is 1.43 bits per heavy atom. The van der Waals surface area contributed by atoms with Crippen molar-refractivity contribution in [2.75, 3.05) is 30.4 Å². The van der Waals surface area contributed by atoms with Crippen molar-refractivity contribution in [1.82, 2.24) is 0 Å². The van der Waals surface area contributed by atoms with Crippen LogP contribution in [0.4, 0.5) is 17.1 Å². The Morgan fingerprint density at radius 1 is 0.761 bits per heavy atom. The molecule has 1 aliphatic rings. The van der Waals surface area contributed by atoms with Crippen LogP contribution >= 0.6 is 0 Å². The second-order valence-electron chi connectivity index (χ2n) is 10.4. The highest BCUT2D eigenvalue weighted by Crippen LogP contribution is 2.59. The van der Waals surface area contributed by atoms with Crippen LogP contribution in [0.2, 0.25) is 0 Å². The predicted octanol–water partition coefficient (Wildman–Crippen LogP) is 3.94. The van der Waals surface area contributed by atoms with Gasteiger partial charge >= 0.3 is 10.1 Å². The molecule has 4 aromatic carbocycles. The van der Waals surface area contributed by atoms with Gasteiger partial charge in [0.1, 0.15) is 16.2 Å². The summed E-state index contributed by atoms with van der Waals surface area (Å²) in [4.78, 5) is -1.49. The SMILES string of the molecule is CCOc1cc(C2(OCC)C(S(=O)(=O)O)=C(OS(=O)(=O)c3cccc(N)c3N)c3ccccc3C2(N)c2ccccc2)ccc1N. The Balaban J connectivity index is 2.01. The van der Waals surface area contributed by atoms with Gasteiger partial charge in [-0.15, -0.1) is 0 Å². The Kier molecular flexibility index (Phi) is 8.53. The van der Waals surface area contributed by atoms with Crippen LogP contribution in [0.5, 0.6) is 5.75 Å². The zero-order chi connectivity index (χ0) is 33.5. The van der Waals surface area contributed by atoms with Crippen LogP contribution in [-0.4, -0.2) is 34.6 Å². The summed E-state index contributed by atoms with van der Waals surface area (Å²) >= 11 is 0. The molecule has 0 aliphatic heterocycles. The molecule has 4 aromatic rings. The van der Waals surface area contributed by atoms with E-state index in [4.69, 9.17) is 36.6 Å². The average Bonchev–Trinajstić information content (AvgIpc) is 3.01. The van der Waals surface area contributed by atoms with Crippen molar-refractivity contribution in [2.24, 2.45) is 5.73 Å². The number of nitrogen functional groups attached to an aromatic ring is 3. The van der Waals surface area contributed by atoms with Gasteiger partial charge in [0.25, 0.3) is 10.1 Å². The fourth-order valence-corrected chi connectivity index (χ4v) is 8.18. The van der Waals surface area contributed by atoms with Crippen LogP contribution < -0.4 is 27.7 Å². The molecular weight excluding hydrogens is 633 g/mol. The summed E-state index contributed by atoms with van der Waals surface area (Å²) in [5, 5.41) is 0. The normalized spacial score (nSPS) is 19.8. The van der Waals surface area contributed by atoms with E-state index in [-0.39, 0.29) is 52.7 Å². The molecule has 9 N–H and O–H groups in total. The van der Waals surface area contributed by atoms with Gasteiger partial charge < -0.3 is 36.6 Å². The van der Waals surface area contributed by atoms with Crippen molar-refractivity contribution in [3.8, 4) is 5.75 Å². The zero-order valence-corrected chi connectivity index (χ0v) is 26.6. The van der Waals surface area contributed by atoms with Crippen LogP contribution in [0.3, 0.4) is 0 Å². The monoisotopic (exact) mass is 666 g/mol. The van der Waals surface area contributed by atoms with Crippen LogP contribution in [0.25, 0.3) is 5.76 Å². The molecule has 0 fully saturated rings. The molecule has 2 unspecified atom stereocenters. The van der Waals surface area contributed by atoms with E-state index in [0.717, 1.165) is 6.07 Å². The molecule has 242 valence electrons. The number of hydrogen-bond donors (Lipinski definition) is 5. The molecule has 0 saturated heterocycles. The molecule has 0 aromatic heterocycles. The quantitative estimate of drug-likeness (QED) is 0.0923. The zero-order valence-electron chi connectivity index (χ0n) is 25.0. The summed E-state index contributed by atoms with van der Waals surface area (Å²) in [6.45, 7) is 3.38. The summed E-state index contributed by atoms with van der Waals surface area (Å²) in [7, 11) is -10.3. The first-order chi connectivity index (χ1) is 21.7. The van der Waals surface area contributed by atoms with Gasteiger partial charge in [0, 0.05) is 12.2 Å². The number of nitrogens with two attached hydrogens (primary N) is 4. The van der Waals surface area contributed by atoms with Crippen LogP contribution in [0.1, 0.15) is 36.1 Å². The van der Waals surface area contributed by atoms with Crippen molar-refractivity contribution in [3.05, 3.63) is 118 Å². The van der Waals surface area contributed by atoms with Crippen molar-refractivity contribution in [1.29, 1.82) is 0 Å². The van der Waals surface area contributed by atoms with Crippen LogP contribution in [-0.2, 0) is 40.3 Å². The smallest absolute Gasteiger partial charge is 0.341 e. The van der Waals surface area contributed by atoms with E-state index in [2.05, 4.69) is 0 Å². The van der Waals surface area contributed by atoms with E-state index < -0.39 is 46.9 Å². The molecular formula is C32H34N4O8S2. The minimum absolute atomic E-state index is 0.0386. The molecule has 0 amide bonds. The van der Waals surface area contributed by atoms with Crippen molar-refractivity contribution in [3.63, 3.8) is 0 Å². The third-order valence-electron chi connectivity index (χ3n) is 7.81. The molecule has 0 spiro atoms. The molecule has 0 bridgehead atoms. The van der Waals surface area contributed by atoms with Crippen molar-refractivity contribution < 1.29 is 35.0 Å². The van der Waals surface area contributed by atoms with E-state index in [9.17, 15) is 21.4 Å². The third-order valence-corrected chi connectivity index (χ3v) is 10.1. The summed E-state index contributed by atoms with van der Waals surface area (Å²) in [5.41, 5.74) is 21.7. The number of benzene rings is 4. The molecule has 1 aliphatic carbocycles. The van der Waals surface area contributed by atoms with Gasteiger partial charge in [0.2, 0.25) is 0 Å². The van der Waals surface area contributed by atoms with Crippen LogP contribution in [0.15, 0.2) is 101 Å². The number of para-hydroxylation sites is 1. The molecule has 12 nitrogen and oxygen atoms in total. The van der Waals surface area contributed by atoms with E-state index in [1.807, 2.05) is 0 Å². The maximum atomic E-state index is 13.9. The first-order valence-corrected chi connectivity index (χ1v) is 17.0. The number of hydrogen-bond acceptors (Lipinski definition) is 11. The van der Waals surface area contributed by atoms with E-state index >= 15 is 0 Å². The number of ether oxygens (including phenoxy) is 2. The molecule has 0 heterocycles. The second kappa shape index (κ2) is 12.0. The lowest BCUT2D eigenvalue weighted by molar-refractivity contribution is -0.0596. The minimum Gasteiger partial charge on any atom is -0.492 e. The maximum absolute atomic E-state index is 13.9. The highest BCUT2D eigenvalue weighted by Gasteiger charge is 2.64. The van der Waals surface area contributed by atoms with Gasteiger partial charge in [-0.25, -0.2) is 0 Å². The first kappa shape index (κ1) is 32.8. The second-order valence-corrected chi connectivity index (χ2v) is 13.3. The van der Waals surface area contributed by atoms with Gasteiger partial charge in [-0.05, 0) is 54.8 Å². The lowest BCUT2D eigenvalue weighted by atomic mass is 9.63. The predicted molar refractivity (Wildman–Crippen MR) is 175 cm³/mol. The minimum atomic E-state index is -5.43. The van der Waals surface area contributed by atoms with E-state index in [1.165, 1.54) is 36.4 Å². The summed E-state index contributed by atoms with van der Waals surface area (Å²) in [6, 6.07) is 23.0. The van der Waals surface area contributed by atoms with Crippen molar-refractivity contribution >= 4 is 43.1 Å². The lowest BCUT2D eigenvalue weighted by Crippen LogP contribution is -2.62. The van der Waals surface area contributed by atoms with Gasteiger partial charge in [-0.2, -0.15) is 16.8 Å². The largest absolute Gasteiger partial charge is 0.492 e. The topological polar surface area (TPSA) is 220 Å². The number of anilines is 3. The average molecular weight is 667 g/mol. The third kappa shape index (κ3) is 5.13. The summed E-state index contributed by atoms with van der Waals surface area (Å²) < 4.78 is 84.4. The maximum Gasteiger partial charge on any atom is 0.341 e. The lowest BCUT2D eigenvalue weighted by Gasteiger charge is -2.52. The van der Waals surface area contributed by atoms with Gasteiger partial charge in [-0.3, -0.25) is 4.55 Å². The highest BCUT2D eigenvalue weighted by atomic mass is 32.2. The van der Waals surface area contributed by atoms with E-state index in [0.29, 0.717) is 5.56 Å². The highest BCUT2D eigenvalue weighted by molar-refractivity contribution is 7.90. The van der Waals surface area contributed by atoms with Gasteiger partial charge in [0.05, 0.1) is 23.7 Å². The van der Waals surface area contributed by atoms with Crippen LogP contribution in [0, 0.1) is 0 Å². The molecule has 46 heavy (non-hydrogen) atoms. The molecule has 0 saturated carbocycles. The molecule has 5 rings (SSSR count). The first-order valence-electron chi connectivity index (χ1n) is 14.2. The fourth-order valence-electron chi connectivity index (χ4n) is 5.92.